The molecule has 1 aliphatic rings. The van der Waals surface area contributed by atoms with E-state index in [1.165, 1.54) is 5.56 Å². The van der Waals surface area contributed by atoms with Crippen LogP contribution in [0.25, 0.3) is 0 Å². The second-order valence-corrected chi connectivity index (χ2v) is 5.22. The predicted octanol–water partition coefficient (Wildman–Crippen LogP) is 2.44. The largest absolute Gasteiger partial charge is 0.490 e. The van der Waals surface area contributed by atoms with E-state index in [9.17, 15) is 0 Å². The fourth-order valence-electron chi connectivity index (χ4n) is 2.48. The van der Waals surface area contributed by atoms with Gasteiger partial charge in [-0.25, -0.2) is 0 Å². The minimum absolute atomic E-state index is 0.523. The van der Waals surface area contributed by atoms with Crippen molar-refractivity contribution in [2.45, 2.75) is 32.2 Å². The zero-order chi connectivity index (χ0) is 14.2. The highest BCUT2D eigenvalue weighted by atomic mass is 16.5. The molecule has 0 spiro atoms. The van der Waals surface area contributed by atoms with E-state index in [2.05, 4.69) is 35.8 Å². The number of fused-ring (bicyclic) bond motifs is 1. The Morgan fingerprint density at radius 1 is 1.45 bits per heavy atom. The quantitative estimate of drug-likeness (QED) is 0.717. The van der Waals surface area contributed by atoms with Gasteiger partial charge in [-0.2, -0.15) is 0 Å². The van der Waals surface area contributed by atoms with E-state index < -0.39 is 0 Å². The molecule has 20 heavy (non-hydrogen) atoms. The summed E-state index contributed by atoms with van der Waals surface area (Å²) in [6, 6.07) is 6.99. The molecule has 1 heterocycles. The number of benzene rings is 1. The van der Waals surface area contributed by atoms with Crippen LogP contribution < -0.4 is 15.4 Å². The van der Waals surface area contributed by atoms with Crippen LogP contribution in [0, 0.1) is 0 Å². The van der Waals surface area contributed by atoms with Gasteiger partial charge >= 0.3 is 0 Å². The van der Waals surface area contributed by atoms with Gasteiger partial charge in [0.2, 0.25) is 0 Å². The average molecular weight is 278 g/mol. The topological polar surface area (TPSA) is 42.5 Å². The van der Waals surface area contributed by atoms with Crippen LogP contribution in [0.15, 0.2) is 18.2 Å². The van der Waals surface area contributed by atoms with Gasteiger partial charge < -0.3 is 20.1 Å². The van der Waals surface area contributed by atoms with Crippen molar-refractivity contribution in [1.29, 1.82) is 0 Å². The summed E-state index contributed by atoms with van der Waals surface area (Å²) in [6.45, 7) is 5.71. The van der Waals surface area contributed by atoms with Crippen molar-refractivity contribution in [3.63, 3.8) is 0 Å². The van der Waals surface area contributed by atoms with Crippen LogP contribution in [0.3, 0.4) is 0 Å². The molecule has 0 saturated heterocycles. The third kappa shape index (κ3) is 4.39. The summed E-state index contributed by atoms with van der Waals surface area (Å²) in [5.41, 5.74) is 2.48. The Kier molecular flexibility index (Phi) is 6.15. The lowest BCUT2D eigenvalue weighted by molar-refractivity contribution is 0.193. The SMILES string of the molecule is CCC(Cc1ccc2c(c1)NCCO2)NCCCOC. The fraction of sp³-hybridized carbons (Fsp3) is 0.625. The zero-order valence-electron chi connectivity index (χ0n) is 12.6. The average Bonchev–Trinajstić information content (AvgIpc) is 2.50. The standard InChI is InChI=1S/C16H26N2O2/c1-3-14(17-7-4-9-19-2)11-13-5-6-16-15(12-13)18-8-10-20-16/h5-6,12,14,17-18H,3-4,7-11H2,1-2H3. The number of hydrogen-bond acceptors (Lipinski definition) is 4. The molecule has 0 aliphatic carbocycles. The molecule has 0 bridgehead atoms. The number of rotatable bonds is 8. The Balaban J connectivity index is 1.87. The van der Waals surface area contributed by atoms with E-state index in [1.54, 1.807) is 7.11 Å². The first-order valence-corrected chi connectivity index (χ1v) is 7.55. The van der Waals surface area contributed by atoms with Gasteiger partial charge in [-0.1, -0.05) is 13.0 Å². The first kappa shape index (κ1) is 15.1. The first-order chi connectivity index (χ1) is 9.83. The minimum atomic E-state index is 0.523. The van der Waals surface area contributed by atoms with Gasteiger partial charge in [-0.3, -0.25) is 0 Å². The molecule has 1 atom stereocenters. The van der Waals surface area contributed by atoms with Crippen molar-refractivity contribution in [2.24, 2.45) is 0 Å². The van der Waals surface area contributed by atoms with Crippen molar-refractivity contribution in [1.82, 2.24) is 5.32 Å². The maximum Gasteiger partial charge on any atom is 0.142 e. The summed E-state index contributed by atoms with van der Waals surface area (Å²) in [7, 11) is 1.75. The van der Waals surface area contributed by atoms with Crippen LogP contribution in [0.2, 0.25) is 0 Å². The second kappa shape index (κ2) is 8.12. The maximum atomic E-state index is 5.61. The molecule has 4 nitrogen and oxygen atoms in total. The fourth-order valence-corrected chi connectivity index (χ4v) is 2.48. The lowest BCUT2D eigenvalue weighted by Crippen LogP contribution is -2.31. The highest BCUT2D eigenvalue weighted by molar-refractivity contribution is 5.59. The summed E-state index contributed by atoms with van der Waals surface area (Å²) in [5, 5.41) is 6.99. The van der Waals surface area contributed by atoms with Crippen LogP contribution in [-0.4, -0.2) is 39.5 Å². The summed E-state index contributed by atoms with van der Waals surface area (Å²) in [5.74, 6) is 0.973. The maximum absolute atomic E-state index is 5.61. The zero-order valence-corrected chi connectivity index (χ0v) is 12.6. The van der Waals surface area contributed by atoms with Crippen LogP contribution >= 0.6 is 0 Å². The molecule has 0 aromatic heterocycles. The lowest BCUT2D eigenvalue weighted by atomic mass is 10.0. The van der Waals surface area contributed by atoms with Gasteiger partial charge in [0.1, 0.15) is 12.4 Å². The number of anilines is 1. The highest BCUT2D eigenvalue weighted by Crippen LogP contribution is 2.28. The summed E-state index contributed by atoms with van der Waals surface area (Å²) >= 11 is 0. The van der Waals surface area contributed by atoms with E-state index in [-0.39, 0.29) is 0 Å². The Hall–Kier alpha value is -1.26. The molecule has 0 radical (unpaired) electrons. The molecular weight excluding hydrogens is 252 g/mol. The predicted molar refractivity (Wildman–Crippen MR) is 82.7 cm³/mol. The van der Waals surface area contributed by atoms with Crippen LogP contribution in [0.4, 0.5) is 5.69 Å². The van der Waals surface area contributed by atoms with Gasteiger partial charge in [-0.15, -0.1) is 0 Å². The molecular formula is C16H26N2O2. The number of ether oxygens (including phenoxy) is 2. The normalized spacial score (nSPS) is 15.1. The highest BCUT2D eigenvalue weighted by Gasteiger charge is 2.12. The molecule has 0 amide bonds. The Morgan fingerprint density at radius 3 is 3.15 bits per heavy atom. The van der Waals surface area contributed by atoms with E-state index in [1.807, 2.05) is 0 Å². The van der Waals surface area contributed by atoms with Crippen molar-refractivity contribution in [2.75, 3.05) is 38.7 Å². The molecule has 4 heteroatoms. The van der Waals surface area contributed by atoms with Crippen LogP contribution in [0.5, 0.6) is 5.75 Å². The molecule has 1 aromatic carbocycles. The smallest absolute Gasteiger partial charge is 0.142 e. The monoisotopic (exact) mass is 278 g/mol. The van der Waals surface area contributed by atoms with E-state index in [0.717, 1.165) is 57.0 Å². The van der Waals surface area contributed by atoms with E-state index in [0.29, 0.717) is 6.04 Å². The van der Waals surface area contributed by atoms with E-state index in [4.69, 9.17) is 9.47 Å². The molecule has 1 aromatic rings. The molecule has 2 rings (SSSR count). The molecule has 1 aliphatic heterocycles. The van der Waals surface area contributed by atoms with Crippen molar-refractivity contribution < 1.29 is 9.47 Å². The number of methoxy groups -OCH3 is 1. The summed E-state index contributed by atoms with van der Waals surface area (Å²) in [6.07, 6.45) is 3.25. The van der Waals surface area contributed by atoms with Crippen molar-refractivity contribution >= 4 is 5.69 Å². The minimum Gasteiger partial charge on any atom is -0.490 e. The van der Waals surface area contributed by atoms with Crippen molar-refractivity contribution in [3.8, 4) is 5.75 Å². The van der Waals surface area contributed by atoms with Crippen molar-refractivity contribution in [3.05, 3.63) is 23.8 Å². The van der Waals surface area contributed by atoms with Gasteiger partial charge in [0.05, 0.1) is 5.69 Å². The molecule has 0 fully saturated rings. The molecule has 1 unspecified atom stereocenters. The van der Waals surface area contributed by atoms with Gasteiger partial charge in [0, 0.05) is 26.3 Å². The summed E-state index contributed by atoms with van der Waals surface area (Å²) in [4.78, 5) is 0. The third-order valence-corrected chi connectivity index (χ3v) is 3.65. The molecule has 0 saturated carbocycles. The molecule has 2 N–H and O–H groups in total. The van der Waals surface area contributed by atoms with Gasteiger partial charge in [0.25, 0.3) is 0 Å². The summed E-state index contributed by atoms with van der Waals surface area (Å²) < 4.78 is 10.7. The Bertz CT molecular complexity index is 409. The van der Waals surface area contributed by atoms with Gasteiger partial charge in [-0.05, 0) is 43.5 Å². The second-order valence-electron chi connectivity index (χ2n) is 5.22. The van der Waals surface area contributed by atoms with Crippen LogP contribution in [-0.2, 0) is 11.2 Å². The lowest BCUT2D eigenvalue weighted by Gasteiger charge is -2.21. The van der Waals surface area contributed by atoms with Gasteiger partial charge in [0.15, 0.2) is 0 Å². The first-order valence-electron chi connectivity index (χ1n) is 7.55. The number of nitrogens with one attached hydrogen (secondary N) is 2. The number of hydrogen-bond donors (Lipinski definition) is 2. The van der Waals surface area contributed by atoms with Crippen LogP contribution in [0.1, 0.15) is 25.3 Å². The third-order valence-electron chi connectivity index (χ3n) is 3.65. The Morgan fingerprint density at radius 2 is 2.35 bits per heavy atom. The van der Waals surface area contributed by atoms with E-state index >= 15 is 0 Å². The Labute approximate surface area is 121 Å². The molecule has 112 valence electrons.